The van der Waals surface area contributed by atoms with Gasteiger partial charge in [0.15, 0.2) is 5.41 Å². The van der Waals surface area contributed by atoms with Gasteiger partial charge in [-0.2, -0.15) is 0 Å². The summed E-state index contributed by atoms with van der Waals surface area (Å²) in [6.07, 6.45) is 0. The van der Waals surface area contributed by atoms with E-state index in [2.05, 4.69) is 10.0 Å². The molecule has 0 radical (unpaired) electrons. The SMILES string of the molecule is CCOC(=O)C1(C(=O)OCCN=[N+]=[N-])C23c4c5c6c7c8c9c(c%10c%11c2c2c4c4c%12c5c5c6c6c8c8c%13c9c9c%10c%10c%11c%11c2c2c4c4c%12c%12c5c5c6c8c6c8c%13c9c9c%10c%10c%11c2c2c4c4c%12c5c6c5c8c9c%10c2c45)C713. The maximum atomic E-state index is 16.8. The van der Waals surface area contributed by atoms with E-state index in [0.717, 1.165) is 0 Å². The number of hydrogen-bond acceptors (Lipinski definition) is 5. The fourth-order valence-electron chi connectivity index (χ4n) is 25.8. The number of carbonyl (C=O) groups excluding carboxylic acids is 2. The number of rotatable bonds is 6. The molecule has 2 spiro atoms. The van der Waals surface area contributed by atoms with E-state index in [1.165, 1.54) is 302 Å². The molecule has 0 saturated heterocycles. The third kappa shape index (κ3) is 1.49. The summed E-state index contributed by atoms with van der Waals surface area (Å²) in [5, 5.41) is 82.1. The lowest BCUT2D eigenvalue weighted by molar-refractivity contribution is -0.166. The van der Waals surface area contributed by atoms with E-state index >= 15 is 9.59 Å². The molecule has 0 unspecified atom stereocenters. The molecule has 33 rings (SSSR count). The third-order valence-corrected chi connectivity index (χ3v) is 25.8. The standard InChI is InChI=1S/C67H9N3O4/c1-2-73-63(71)67(64(72)74-4-3-69-70-68)65-59-51-43-33-23-15-7-5-6-9-13-11(7)19-27-21(13)31-25-17(9)18-10(6)14-12-8(5)16(15)24-30-20(12)28-22(14)32-26(18)36-35(25)45-39(31)49-41(27)47(37(43)29(19)23)55(59)57(49)61-53(45)54-46(36)40(32)50-42(28)48-38(30)44(34(24)33)52(51)60(65)56(48)58(50)62(54)66(61,65)67/h2-4H2,1H3. The quantitative estimate of drug-likeness (QED) is 0.0315. The van der Waals surface area contributed by atoms with Crippen molar-refractivity contribution in [3.8, 4) is 0 Å². The zero-order chi connectivity index (χ0) is 45.1. The molecule has 7 nitrogen and oxygen atoms in total. The lowest BCUT2D eigenvalue weighted by atomic mass is 9.68. The topological polar surface area (TPSA) is 101 Å². The minimum Gasteiger partial charge on any atom is -0.465 e. The average molecular weight is 920 g/mol. The van der Waals surface area contributed by atoms with Crippen LogP contribution < -0.4 is 0 Å². The molecule has 1 saturated carbocycles. The minimum absolute atomic E-state index is 0.0157. The highest BCUT2D eigenvalue weighted by atomic mass is 16.6. The molecule has 0 aliphatic heterocycles. The summed E-state index contributed by atoms with van der Waals surface area (Å²) in [7, 11) is 0. The normalized spacial score (nSPS) is 23.4. The number of esters is 2. The molecular weight excluding hydrogens is 911 g/mol. The van der Waals surface area contributed by atoms with Gasteiger partial charge in [-0.15, -0.1) is 0 Å². The molecule has 0 amide bonds. The Morgan fingerprint density at radius 1 is 0.324 bits per heavy atom. The van der Waals surface area contributed by atoms with Crippen LogP contribution in [0.3, 0.4) is 0 Å². The van der Waals surface area contributed by atoms with Crippen LogP contribution in [-0.2, 0) is 29.9 Å². The maximum Gasteiger partial charge on any atom is 0.326 e. The predicted molar refractivity (Wildman–Crippen MR) is 298 cm³/mol. The van der Waals surface area contributed by atoms with Gasteiger partial charge in [0.1, 0.15) is 0 Å². The van der Waals surface area contributed by atoms with Gasteiger partial charge >= 0.3 is 11.9 Å². The first-order valence-corrected chi connectivity index (χ1v) is 26.8. The zero-order valence-electron chi connectivity index (χ0n) is 37.6. The van der Waals surface area contributed by atoms with Crippen molar-refractivity contribution in [3.05, 3.63) is 32.7 Å². The molecule has 0 aromatic heterocycles. The molecule has 5 aliphatic carbocycles. The fraction of sp³-hybridized carbons (Fsp3) is 0.104. The second kappa shape index (κ2) is 6.54. The van der Waals surface area contributed by atoms with E-state index in [1.807, 2.05) is 6.92 Å². The first-order valence-electron chi connectivity index (χ1n) is 26.8. The predicted octanol–water partition coefficient (Wildman–Crippen LogP) is 16.7. The van der Waals surface area contributed by atoms with Gasteiger partial charge in [-0.25, -0.2) is 0 Å². The maximum absolute atomic E-state index is 16.8. The smallest absolute Gasteiger partial charge is 0.326 e. The van der Waals surface area contributed by atoms with Crippen LogP contribution in [-0.4, -0.2) is 31.7 Å². The van der Waals surface area contributed by atoms with Gasteiger partial charge in [0.2, 0.25) is 0 Å². The molecule has 0 atom stereocenters. The van der Waals surface area contributed by atoms with Crippen molar-refractivity contribution in [1.82, 2.24) is 0 Å². The van der Waals surface area contributed by atoms with Crippen molar-refractivity contribution in [1.29, 1.82) is 0 Å². The molecule has 316 valence electrons. The lowest BCUT2D eigenvalue weighted by Gasteiger charge is -2.32. The Kier molecular flexibility index (Phi) is 2.53. The van der Waals surface area contributed by atoms with Crippen LogP contribution in [0, 0.1) is 5.41 Å². The Balaban J connectivity index is 1.12. The third-order valence-electron chi connectivity index (χ3n) is 25.8. The molecule has 28 aromatic carbocycles. The van der Waals surface area contributed by atoms with E-state index < -0.39 is 28.2 Å². The van der Waals surface area contributed by atoms with Gasteiger partial charge in [-0.1, -0.05) is 5.11 Å². The molecule has 0 heterocycles. The van der Waals surface area contributed by atoms with Crippen molar-refractivity contribution >= 4 is 303 Å². The Morgan fingerprint density at radius 3 is 0.676 bits per heavy atom. The highest BCUT2D eigenvalue weighted by Crippen LogP contribution is 2.96. The van der Waals surface area contributed by atoms with E-state index in [9.17, 15) is 5.53 Å². The van der Waals surface area contributed by atoms with Crippen LogP contribution in [0.2, 0.25) is 0 Å². The van der Waals surface area contributed by atoms with Crippen LogP contribution in [0.1, 0.15) is 29.2 Å². The van der Waals surface area contributed by atoms with Gasteiger partial charge < -0.3 is 9.47 Å². The fourth-order valence-corrected chi connectivity index (χ4v) is 25.8. The molecule has 5 aliphatic rings. The zero-order valence-corrected chi connectivity index (χ0v) is 37.6. The molecule has 28 aromatic rings. The molecule has 1 fully saturated rings. The summed E-state index contributed by atoms with van der Waals surface area (Å²) in [5.41, 5.74) is 10.3. The molecule has 0 bridgehead atoms. The van der Waals surface area contributed by atoms with Crippen LogP contribution in [0.25, 0.3) is 301 Å². The Labute approximate surface area is 400 Å². The summed E-state index contributed by atoms with van der Waals surface area (Å²) in [6.45, 7) is 1.90. The number of ether oxygens (including phenoxy) is 2. The largest absolute Gasteiger partial charge is 0.465 e. The summed E-state index contributed by atoms with van der Waals surface area (Å²) in [5.74, 6) is -0.997. The second-order valence-corrected chi connectivity index (χ2v) is 25.8. The highest BCUT2D eigenvalue weighted by molar-refractivity contribution is 6.82. The van der Waals surface area contributed by atoms with Gasteiger partial charge in [-0.3, -0.25) is 9.59 Å². The van der Waals surface area contributed by atoms with Crippen LogP contribution in [0.5, 0.6) is 0 Å². The second-order valence-electron chi connectivity index (χ2n) is 25.8. The summed E-state index contributed by atoms with van der Waals surface area (Å²) in [6, 6.07) is 0. The van der Waals surface area contributed by atoms with E-state index in [4.69, 9.17) is 9.47 Å². The Morgan fingerprint density at radius 2 is 0.500 bits per heavy atom. The van der Waals surface area contributed by atoms with E-state index in [-0.39, 0.29) is 19.8 Å². The number of benzene rings is 18. The van der Waals surface area contributed by atoms with Crippen LogP contribution >= 0.6 is 0 Å². The van der Waals surface area contributed by atoms with E-state index in [0.29, 0.717) is 0 Å². The van der Waals surface area contributed by atoms with Gasteiger partial charge in [0, 0.05) is 4.91 Å². The monoisotopic (exact) mass is 919 g/mol. The Hall–Kier alpha value is -9.29. The Bertz CT molecular complexity index is 6930. The lowest BCUT2D eigenvalue weighted by Crippen LogP contribution is -2.39. The molecule has 74 heavy (non-hydrogen) atoms. The summed E-state index contributed by atoms with van der Waals surface area (Å²) < 4.78 is 13.3. The van der Waals surface area contributed by atoms with Crippen LogP contribution in [0.4, 0.5) is 0 Å². The average Bonchev–Trinajstić information content (AvgIpc) is 3.26. The van der Waals surface area contributed by atoms with Gasteiger partial charge in [0.25, 0.3) is 0 Å². The van der Waals surface area contributed by atoms with Gasteiger partial charge in [-0.05, 0) is 326 Å². The number of azide groups is 1. The molecule has 0 N–H and O–H groups in total. The molecule has 7 heteroatoms. The van der Waals surface area contributed by atoms with Crippen molar-refractivity contribution in [3.63, 3.8) is 0 Å². The number of carbonyl (C=O) groups is 2. The van der Waals surface area contributed by atoms with Crippen molar-refractivity contribution in [2.24, 2.45) is 10.5 Å². The first kappa shape index (κ1) is 28.7. The first-order chi connectivity index (χ1) is 36.7. The number of hydrogen-bond donors (Lipinski definition) is 0. The van der Waals surface area contributed by atoms with Crippen molar-refractivity contribution in [2.75, 3.05) is 19.8 Å². The van der Waals surface area contributed by atoms with E-state index in [1.54, 1.807) is 10.8 Å². The number of nitrogens with zero attached hydrogens (tertiary/aromatic N) is 3. The molecular formula is C67H9N3O4. The highest BCUT2D eigenvalue weighted by Gasteiger charge is 3.01. The van der Waals surface area contributed by atoms with Crippen molar-refractivity contribution < 1.29 is 19.1 Å². The van der Waals surface area contributed by atoms with Gasteiger partial charge in [0.05, 0.1) is 30.6 Å². The van der Waals surface area contributed by atoms with Crippen molar-refractivity contribution in [2.45, 2.75) is 17.8 Å². The summed E-state index contributed by atoms with van der Waals surface area (Å²) in [4.78, 5) is 36.6. The minimum atomic E-state index is -1.80. The van der Waals surface area contributed by atoms with Crippen LogP contribution in [0.15, 0.2) is 5.11 Å². The summed E-state index contributed by atoms with van der Waals surface area (Å²) >= 11 is 0.